The van der Waals surface area contributed by atoms with Crippen LogP contribution in [0.3, 0.4) is 0 Å². The van der Waals surface area contributed by atoms with E-state index in [0.717, 1.165) is 40.0 Å². The highest BCUT2D eigenvalue weighted by Gasteiger charge is 2.46. The van der Waals surface area contributed by atoms with E-state index in [1.807, 2.05) is 12.1 Å². The van der Waals surface area contributed by atoms with Crippen molar-refractivity contribution >= 4 is 34.2 Å². The molecule has 1 aromatic carbocycles. The Morgan fingerprint density at radius 3 is 2.26 bits per heavy atom. The number of halogens is 3. The van der Waals surface area contributed by atoms with Crippen LogP contribution in [0.2, 0.25) is 0 Å². The number of pyridine rings is 2. The van der Waals surface area contributed by atoms with Crippen LogP contribution < -0.4 is 10.6 Å². The molecule has 0 radical (unpaired) electrons. The molecule has 2 saturated carbocycles. The van der Waals surface area contributed by atoms with E-state index in [2.05, 4.69) is 20.6 Å². The second-order valence-corrected chi connectivity index (χ2v) is 10.5. The van der Waals surface area contributed by atoms with Crippen LogP contribution in [-0.2, 0) is 9.59 Å². The van der Waals surface area contributed by atoms with Crippen LogP contribution in [0.25, 0.3) is 11.0 Å². The quantitative estimate of drug-likeness (QED) is 0.393. The van der Waals surface area contributed by atoms with Crippen molar-refractivity contribution in [2.45, 2.75) is 56.7 Å². The van der Waals surface area contributed by atoms with E-state index >= 15 is 0 Å². The van der Waals surface area contributed by atoms with Crippen molar-refractivity contribution < 1.29 is 22.8 Å². The molecule has 10 heteroatoms. The number of amides is 2. The first-order valence-electron chi connectivity index (χ1n) is 13.3. The molecule has 3 aromatic rings. The molecule has 0 unspecified atom stereocenters. The Labute approximate surface area is 225 Å². The highest BCUT2D eigenvalue weighted by molar-refractivity contribution is 5.85. The van der Waals surface area contributed by atoms with E-state index < -0.39 is 24.0 Å². The molecule has 2 aliphatic carbocycles. The lowest BCUT2D eigenvalue weighted by Gasteiger charge is -2.35. The number of anilines is 2. The molecule has 7 nitrogen and oxygen atoms in total. The van der Waals surface area contributed by atoms with E-state index in [4.69, 9.17) is 0 Å². The summed E-state index contributed by atoms with van der Waals surface area (Å²) in [5.41, 5.74) is 4.13. The van der Waals surface area contributed by atoms with Crippen molar-refractivity contribution in [3.05, 3.63) is 59.9 Å². The Hall–Kier alpha value is -3.69. The van der Waals surface area contributed by atoms with Crippen LogP contribution in [0.1, 0.15) is 61.6 Å². The fraction of sp³-hybridized carbons (Fsp3) is 0.448. The smallest absolute Gasteiger partial charge is 0.359 e. The molecule has 2 fully saturated rings. The van der Waals surface area contributed by atoms with Gasteiger partial charge in [0.25, 0.3) is 0 Å². The van der Waals surface area contributed by atoms with Crippen LogP contribution in [0.15, 0.2) is 48.8 Å². The predicted octanol–water partition coefficient (Wildman–Crippen LogP) is 5.87. The molecule has 2 aliphatic rings. The number of fused-ring (bicyclic) bond motifs is 1. The standard InChI is InChI=1S/C29H32F3N5O2/c1-33-27(38)19-7-9-20(10-8-19)28(39)37(2)26(29(30,31)32)18-11-13-21(14-12-18)36-23-16-35-22-4-3-15-34-25(22)24(23)17-5-6-17/h3-4,11-17,19-20,26,36H,5-10H2,1-2H3,(H,33,38)/t19?,20?,26-/m1/s1. The van der Waals surface area contributed by atoms with Crippen LogP contribution >= 0.6 is 0 Å². The highest BCUT2D eigenvalue weighted by Crippen LogP contribution is 2.46. The van der Waals surface area contributed by atoms with Crippen molar-refractivity contribution in [1.82, 2.24) is 20.2 Å². The lowest BCUT2D eigenvalue weighted by atomic mass is 9.80. The zero-order valence-corrected chi connectivity index (χ0v) is 22.0. The number of hydrogen-bond donors (Lipinski definition) is 2. The van der Waals surface area contributed by atoms with Crippen molar-refractivity contribution in [3.8, 4) is 0 Å². The minimum absolute atomic E-state index is 0.0105. The summed E-state index contributed by atoms with van der Waals surface area (Å²) in [5.74, 6) is -0.976. The van der Waals surface area contributed by atoms with Gasteiger partial charge in [-0.2, -0.15) is 13.2 Å². The third-order valence-electron chi connectivity index (χ3n) is 7.89. The van der Waals surface area contributed by atoms with Gasteiger partial charge in [0.2, 0.25) is 11.8 Å². The largest absolute Gasteiger partial charge is 0.413 e. The summed E-state index contributed by atoms with van der Waals surface area (Å²) in [6.07, 6.45) is 2.72. The minimum atomic E-state index is -4.65. The number of nitrogens with one attached hydrogen (secondary N) is 2. The number of alkyl halides is 3. The fourth-order valence-corrected chi connectivity index (χ4v) is 5.68. The maximum Gasteiger partial charge on any atom is 0.413 e. The van der Waals surface area contributed by atoms with E-state index in [9.17, 15) is 22.8 Å². The van der Waals surface area contributed by atoms with Crippen molar-refractivity contribution in [3.63, 3.8) is 0 Å². The lowest BCUT2D eigenvalue weighted by Crippen LogP contribution is -2.44. The van der Waals surface area contributed by atoms with Gasteiger partial charge in [0, 0.05) is 43.4 Å². The Morgan fingerprint density at radius 2 is 1.64 bits per heavy atom. The monoisotopic (exact) mass is 539 g/mol. The molecule has 2 amide bonds. The van der Waals surface area contributed by atoms with Crippen LogP contribution in [0.5, 0.6) is 0 Å². The number of carbonyl (C=O) groups excluding carboxylic acids is 2. The van der Waals surface area contributed by atoms with Crippen molar-refractivity contribution in [1.29, 1.82) is 0 Å². The number of nitrogens with zero attached hydrogens (tertiary/aromatic N) is 3. The van der Waals surface area contributed by atoms with Crippen LogP contribution in [-0.4, -0.2) is 47.0 Å². The third kappa shape index (κ3) is 5.69. The van der Waals surface area contributed by atoms with Gasteiger partial charge < -0.3 is 15.5 Å². The summed E-state index contributed by atoms with van der Waals surface area (Å²) in [6.45, 7) is 0. The third-order valence-corrected chi connectivity index (χ3v) is 7.89. The average Bonchev–Trinajstić information content (AvgIpc) is 3.77. The van der Waals surface area contributed by atoms with Gasteiger partial charge in [0.15, 0.2) is 6.04 Å². The first kappa shape index (κ1) is 26.9. The molecule has 1 atom stereocenters. The van der Waals surface area contributed by atoms with Gasteiger partial charge in [-0.3, -0.25) is 19.6 Å². The van der Waals surface area contributed by atoms with Gasteiger partial charge in [-0.1, -0.05) is 12.1 Å². The molecular weight excluding hydrogens is 507 g/mol. The maximum atomic E-state index is 14.3. The Morgan fingerprint density at radius 1 is 0.974 bits per heavy atom. The van der Waals surface area contributed by atoms with E-state index in [1.54, 1.807) is 31.6 Å². The zero-order valence-electron chi connectivity index (χ0n) is 22.0. The summed E-state index contributed by atoms with van der Waals surface area (Å²) in [6, 6.07) is 7.71. The molecule has 0 spiro atoms. The molecule has 2 N–H and O–H groups in total. The normalized spacial score (nSPS) is 20.3. The van der Waals surface area contributed by atoms with Crippen LogP contribution in [0.4, 0.5) is 24.5 Å². The molecule has 206 valence electrons. The van der Waals surface area contributed by atoms with Crippen molar-refractivity contribution in [2.75, 3.05) is 19.4 Å². The zero-order chi connectivity index (χ0) is 27.7. The molecule has 2 heterocycles. The average molecular weight is 540 g/mol. The number of hydrogen-bond acceptors (Lipinski definition) is 5. The van der Waals surface area contributed by atoms with Gasteiger partial charge in [-0.05, 0) is 74.3 Å². The SMILES string of the molecule is CNC(=O)C1CCC(C(=O)N(C)[C@H](c2ccc(Nc3cnc4cccnc4c3C3CC3)cc2)C(F)(F)F)CC1. The highest BCUT2D eigenvalue weighted by atomic mass is 19.4. The Balaban J connectivity index is 1.33. The summed E-state index contributed by atoms with van der Waals surface area (Å²) in [4.78, 5) is 34.8. The molecule has 5 rings (SSSR count). The van der Waals surface area contributed by atoms with Gasteiger partial charge in [-0.25, -0.2) is 0 Å². The topological polar surface area (TPSA) is 87.2 Å². The van der Waals surface area contributed by atoms with E-state index in [-0.39, 0.29) is 17.4 Å². The first-order chi connectivity index (χ1) is 18.7. The number of aromatic nitrogens is 2. The molecule has 0 saturated heterocycles. The van der Waals surface area contributed by atoms with Gasteiger partial charge in [0.1, 0.15) is 0 Å². The van der Waals surface area contributed by atoms with Gasteiger partial charge in [0.05, 0.1) is 22.9 Å². The summed E-state index contributed by atoms with van der Waals surface area (Å²) in [7, 11) is 2.77. The summed E-state index contributed by atoms with van der Waals surface area (Å²) in [5, 5.41) is 5.92. The first-order valence-corrected chi connectivity index (χ1v) is 13.3. The molecule has 2 aromatic heterocycles. The molecule has 0 bridgehead atoms. The summed E-state index contributed by atoms with van der Waals surface area (Å²) >= 11 is 0. The molecule has 0 aliphatic heterocycles. The fourth-order valence-electron chi connectivity index (χ4n) is 5.68. The molecular formula is C29H32F3N5O2. The number of carbonyl (C=O) groups is 2. The Bertz CT molecular complexity index is 1350. The molecule has 39 heavy (non-hydrogen) atoms. The minimum Gasteiger partial charge on any atom is -0.359 e. The lowest BCUT2D eigenvalue weighted by molar-refractivity contribution is -0.191. The summed E-state index contributed by atoms with van der Waals surface area (Å²) < 4.78 is 42.8. The number of benzene rings is 1. The van der Waals surface area contributed by atoms with Gasteiger partial charge >= 0.3 is 6.18 Å². The van der Waals surface area contributed by atoms with Crippen LogP contribution in [0, 0.1) is 11.8 Å². The second-order valence-electron chi connectivity index (χ2n) is 10.5. The van der Waals surface area contributed by atoms with E-state index in [1.165, 1.54) is 19.2 Å². The maximum absolute atomic E-state index is 14.3. The predicted molar refractivity (Wildman–Crippen MR) is 142 cm³/mol. The van der Waals surface area contributed by atoms with Gasteiger partial charge in [-0.15, -0.1) is 0 Å². The number of rotatable bonds is 7. The Kier molecular flexibility index (Phi) is 7.46. The van der Waals surface area contributed by atoms with Crippen molar-refractivity contribution in [2.24, 2.45) is 11.8 Å². The second kappa shape index (κ2) is 10.8. The van der Waals surface area contributed by atoms with E-state index in [0.29, 0.717) is 37.3 Å².